The summed E-state index contributed by atoms with van der Waals surface area (Å²) >= 11 is 13.7. The number of hydrogen-bond acceptors (Lipinski definition) is 6. The van der Waals surface area contributed by atoms with E-state index in [-0.39, 0.29) is 0 Å². The molecule has 0 radical (unpaired) electrons. The zero-order valence-electron chi connectivity index (χ0n) is 12.1. The van der Waals surface area contributed by atoms with Gasteiger partial charge in [-0.15, -0.1) is 15.3 Å². The van der Waals surface area contributed by atoms with Gasteiger partial charge in [0.1, 0.15) is 0 Å². The fourth-order valence-corrected chi connectivity index (χ4v) is 3.35. The summed E-state index contributed by atoms with van der Waals surface area (Å²) in [5.74, 6) is 1.29. The van der Waals surface area contributed by atoms with E-state index in [4.69, 9.17) is 28.9 Å². The van der Waals surface area contributed by atoms with Crippen LogP contribution in [0.2, 0.25) is 10.0 Å². The summed E-state index contributed by atoms with van der Waals surface area (Å²) in [6.07, 6.45) is 0. The first kappa shape index (κ1) is 15.2. The quantitative estimate of drug-likeness (QED) is 0.515. The summed E-state index contributed by atoms with van der Waals surface area (Å²) in [6, 6.07) is 9.00. The van der Waals surface area contributed by atoms with Gasteiger partial charge in [-0.25, -0.2) is 0 Å². The van der Waals surface area contributed by atoms with Crippen molar-refractivity contribution >= 4 is 57.4 Å². The molecule has 0 bridgehead atoms. The van der Waals surface area contributed by atoms with Gasteiger partial charge in [0.05, 0.1) is 15.7 Å². The van der Waals surface area contributed by atoms with Crippen LogP contribution < -0.4 is 11.1 Å². The molecule has 24 heavy (non-hydrogen) atoms. The minimum atomic E-state index is 0.353. The van der Waals surface area contributed by atoms with E-state index in [1.165, 1.54) is 0 Å². The first-order chi connectivity index (χ1) is 11.6. The normalized spacial score (nSPS) is 11.1. The SMILES string of the molecule is Nc1c(Cl)cc(Nc2ccc3nnc(-c4ccsc4)n3n2)cc1Cl. The number of halogens is 2. The van der Waals surface area contributed by atoms with Crippen LogP contribution in [0.1, 0.15) is 0 Å². The largest absolute Gasteiger partial charge is 0.396 e. The maximum absolute atomic E-state index is 6.06. The monoisotopic (exact) mass is 376 g/mol. The van der Waals surface area contributed by atoms with Gasteiger partial charge in [0.25, 0.3) is 0 Å². The second-order valence-corrected chi connectivity index (χ2v) is 6.60. The van der Waals surface area contributed by atoms with Crippen LogP contribution >= 0.6 is 34.5 Å². The highest BCUT2D eigenvalue weighted by atomic mass is 35.5. The first-order valence-corrected chi connectivity index (χ1v) is 8.58. The van der Waals surface area contributed by atoms with Crippen LogP contribution in [-0.2, 0) is 0 Å². The Kier molecular flexibility index (Phi) is 3.76. The molecule has 0 saturated heterocycles. The number of nitrogens with one attached hydrogen (secondary N) is 1. The van der Waals surface area contributed by atoms with Crippen LogP contribution in [-0.4, -0.2) is 19.8 Å². The molecule has 0 atom stereocenters. The standard InChI is InChI=1S/C15H10Cl2N6S/c16-10-5-9(6-11(17)14(10)18)19-12-1-2-13-20-21-15(23(13)22-12)8-3-4-24-7-8/h1-7H,18H2,(H,19,22). The Morgan fingerprint density at radius 1 is 1.08 bits per heavy atom. The van der Waals surface area contributed by atoms with E-state index in [0.29, 0.717) is 38.7 Å². The molecule has 3 aromatic heterocycles. The van der Waals surface area contributed by atoms with Crippen molar-refractivity contribution in [2.24, 2.45) is 0 Å². The van der Waals surface area contributed by atoms with Crippen molar-refractivity contribution in [1.29, 1.82) is 0 Å². The highest BCUT2D eigenvalue weighted by molar-refractivity contribution is 7.08. The Morgan fingerprint density at radius 3 is 2.58 bits per heavy atom. The van der Waals surface area contributed by atoms with E-state index in [9.17, 15) is 0 Å². The number of nitrogens with two attached hydrogens (primary N) is 1. The van der Waals surface area contributed by atoms with Gasteiger partial charge in [0.15, 0.2) is 17.3 Å². The van der Waals surface area contributed by atoms with Crippen molar-refractivity contribution < 1.29 is 0 Å². The van der Waals surface area contributed by atoms with Crippen LogP contribution in [0.15, 0.2) is 41.1 Å². The molecular weight excluding hydrogens is 367 g/mol. The van der Waals surface area contributed by atoms with Gasteiger partial charge in [-0.3, -0.25) is 0 Å². The van der Waals surface area contributed by atoms with Crippen molar-refractivity contribution in [2.75, 3.05) is 11.1 Å². The number of anilines is 3. The molecular formula is C15H10Cl2N6S. The minimum absolute atomic E-state index is 0.353. The lowest BCUT2D eigenvalue weighted by Gasteiger charge is -2.09. The molecule has 0 saturated carbocycles. The van der Waals surface area contributed by atoms with Crippen LogP contribution in [0.3, 0.4) is 0 Å². The van der Waals surface area contributed by atoms with Crippen LogP contribution in [0.5, 0.6) is 0 Å². The third-order valence-corrected chi connectivity index (χ3v) is 4.70. The molecule has 0 amide bonds. The Hall–Kier alpha value is -2.35. The minimum Gasteiger partial charge on any atom is -0.396 e. The molecule has 6 nitrogen and oxygen atoms in total. The number of fused-ring (bicyclic) bond motifs is 1. The number of thiophene rings is 1. The van der Waals surface area contributed by atoms with E-state index in [1.807, 2.05) is 22.9 Å². The van der Waals surface area contributed by atoms with Gasteiger partial charge >= 0.3 is 0 Å². The van der Waals surface area contributed by atoms with E-state index in [1.54, 1.807) is 34.1 Å². The Balaban J connectivity index is 1.74. The van der Waals surface area contributed by atoms with Crippen molar-refractivity contribution in [3.63, 3.8) is 0 Å². The molecule has 3 N–H and O–H groups in total. The first-order valence-electron chi connectivity index (χ1n) is 6.88. The maximum atomic E-state index is 6.06. The molecule has 0 aliphatic rings. The number of benzene rings is 1. The molecule has 3 heterocycles. The predicted molar refractivity (Wildman–Crippen MR) is 98.3 cm³/mol. The van der Waals surface area contributed by atoms with Gasteiger partial charge in [-0.05, 0) is 35.7 Å². The van der Waals surface area contributed by atoms with E-state index < -0.39 is 0 Å². The average Bonchev–Trinajstić information content (AvgIpc) is 3.21. The smallest absolute Gasteiger partial charge is 0.186 e. The molecule has 4 rings (SSSR count). The highest BCUT2D eigenvalue weighted by Crippen LogP contribution is 2.32. The van der Waals surface area contributed by atoms with Gasteiger partial charge in [-0.2, -0.15) is 15.9 Å². The number of nitrogen functional groups attached to an aromatic ring is 1. The zero-order chi connectivity index (χ0) is 16.7. The Bertz CT molecular complexity index is 1000. The summed E-state index contributed by atoms with van der Waals surface area (Å²) in [7, 11) is 0. The predicted octanol–water partition coefficient (Wildman–Crippen LogP) is 4.49. The third-order valence-electron chi connectivity index (χ3n) is 3.39. The van der Waals surface area contributed by atoms with E-state index in [2.05, 4.69) is 20.6 Å². The number of hydrogen-bond donors (Lipinski definition) is 2. The van der Waals surface area contributed by atoms with Crippen LogP contribution in [0.4, 0.5) is 17.2 Å². The summed E-state index contributed by atoms with van der Waals surface area (Å²) < 4.78 is 1.69. The fraction of sp³-hybridized carbons (Fsp3) is 0. The number of rotatable bonds is 3. The molecule has 1 aromatic carbocycles. The molecule has 0 aliphatic carbocycles. The van der Waals surface area contributed by atoms with Crippen molar-refractivity contribution in [3.05, 3.63) is 51.1 Å². The summed E-state index contributed by atoms with van der Waals surface area (Å²) in [5.41, 5.74) is 8.43. The summed E-state index contributed by atoms with van der Waals surface area (Å²) in [5, 5.41) is 20.8. The van der Waals surface area contributed by atoms with Crippen LogP contribution in [0.25, 0.3) is 17.0 Å². The van der Waals surface area contributed by atoms with Crippen molar-refractivity contribution in [3.8, 4) is 11.4 Å². The Morgan fingerprint density at radius 2 is 1.88 bits per heavy atom. The maximum Gasteiger partial charge on any atom is 0.186 e. The summed E-state index contributed by atoms with van der Waals surface area (Å²) in [6.45, 7) is 0. The molecule has 120 valence electrons. The van der Waals surface area contributed by atoms with E-state index >= 15 is 0 Å². The molecule has 0 spiro atoms. The third kappa shape index (κ3) is 2.66. The summed E-state index contributed by atoms with van der Waals surface area (Å²) in [4.78, 5) is 0. The number of aromatic nitrogens is 4. The highest BCUT2D eigenvalue weighted by Gasteiger charge is 2.11. The van der Waals surface area contributed by atoms with Crippen molar-refractivity contribution in [1.82, 2.24) is 19.8 Å². The van der Waals surface area contributed by atoms with Gasteiger partial charge < -0.3 is 11.1 Å². The topological polar surface area (TPSA) is 81.1 Å². The van der Waals surface area contributed by atoms with Crippen LogP contribution in [0, 0.1) is 0 Å². The molecule has 9 heteroatoms. The Labute approximate surface area is 150 Å². The molecule has 4 aromatic rings. The molecule has 0 aliphatic heterocycles. The lowest BCUT2D eigenvalue weighted by molar-refractivity contribution is 0.942. The average molecular weight is 377 g/mol. The van der Waals surface area contributed by atoms with Gasteiger partial charge in [0, 0.05) is 16.6 Å². The zero-order valence-corrected chi connectivity index (χ0v) is 14.4. The molecule has 0 unspecified atom stereocenters. The second kappa shape index (κ2) is 5.94. The lowest BCUT2D eigenvalue weighted by Crippen LogP contribution is -2.01. The van der Waals surface area contributed by atoms with E-state index in [0.717, 1.165) is 5.56 Å². The van der Waals surface area contributed by atoms with Gasteiger partial charge in [-0.1, -0.05) is 23.2 Å². The second-order valence-electron chi connectivity index (χ2n) is 5.00. The van der Waals surface area contributed by atoms with Gasteiger partial charge in [0.2, 0.25) is 0 Å². The fourth-order valence-electron chi connectivity index (χ4n) is 2.23. The molecule has 0 fully saturated rings. The lowest BCUT2D eigenvalue weighted by atomic mass is 10.3. The number of nitrogens with zero attached hydrogens (tertiary/aromatic N) is 4. The van der Waals surface area contributed by atoms with Crippen molar-refractivity contribution in [2.45, 2.75) is 0 Å².